The number of aliphatic hydroxyl groups is 1. The molecule has 1 fully saturated rings. The van der Waals surface area contributed by atoms with Crippen LogP contribution in [-0.4, -0.2) is 75.8 Å². The number of halogens is 1. The van der Waals surface area contributed by atoms with Crippen LogP contribution < -0.4 is 14.4 Å². The van der Waals surface area contributed by atoms with Crippen LogP contribution in [0.4, 0.5) is 10.1 Å². The third-order valence-electron chi connectivity index (χ3n) is 4.88. The van der Waals surface area contributed by atoms with Crippen molar-refractivity contribution in [3.8, 4) is 11.5 Å². The molecule has 6 nitrogen and oxygen atoms in total. The quantitative estimate of drug-likeness (QED) is 0.614. The Morgan fingerprint density at radius 3 is 2.52 bits per heavy atom. The van der Waals surface area contributed by atoms with Gasteiger partial charge in [0.2, 0.25) is 0 Å². The van der Waals surface area contributed by atoms with Gasteiger partial charge in [-0.15, -0.1) is 0 Å². The minimum Gasteiger partial charge on any atom is -0.497 e. The number of β-amino-alcohol motifs (C(OH)–C–C–N with tert-alkyl or cyclic N) is 1. The lowest BCUT2D eigenvalue weighted by Gasteiger charge is -2.36. The summed E-state index contributed by atoms with van der Waals surface area (Å²) < 4.78 is 30.2. The van der Waals surface area contributed by atoms with E-state index in [0.717, 1.165) is 37.7 Å². The van der Waals surface area contributed by atoms with Crippen LogP contribution in [-0.2, 0) is 4.74 Å². The number of hydrogen-bond acceptors (Lipinski definition) is 6. The van der Waals surface area contributed by atoms with Gasteiger partial charge in [-0.3, -0.25) is 4.90 Å². The molecule has 1 saturated heterocycles. The monoisotopic (exact) mass is 404 g/mol. The van der Waals surface area contributed by atoms with E-state index >= 15 is 0 Å². The number of nitrogens with zero attached hydrogens (tertiary/aromatic N) is 2. The Morgan fingerprint density at radius 2 is 1.76 bits per heavy atom. The average Bonchev–Trinajstić information content (AvgIpc) is 2.75. The number of piperazine rings is 1. The van der Waals surface area contributed by atoms with E-state index in [2.05, 4.69) is 4.90 Å². The maximum Gasteiger partial charge on any atom is 0.146 e. The molecule has 29 heavy (non-hydrogen) atoms. The van der Waals surface area contributed by atoms with Crippen molar-refractivity contribution in [3.63, 3.8) is 0 Å². The zero-order chi connectivity index (χ0) is 20.5. The predicted octanol–water partition coefficient (Wildman–Crippen LogP) is 2.41. The van der Waals surface area contributed by atoms with Crippen LogP contribution in [0, 0.1) is 5.82 Å². The summed E-state index contributed by atoms with van der Waals surface area (Å²) in [6.45, 7) is 4.65. The molecule has 1 N–H and O–H groups in total. The molecule has 0 aromatic heterocycles. The summed E-state index contributed by atoms with van der Waals surface area (Å²) in [5, 5.41) is 10.2. The lowest BCUT2D eigenvalue weighted by atomic mass is 10.2. The molecule has 0 saturated carbocycles. The summed E-state index contributed by atoms with van der Waals surface area (Å²) in [6, 6.07) is 14.2. The number of rotatable bonds is 10. The minimum absolute atomic E-state index is 0.189. The van der Waals surface area contributed by atoms with Crippen molar-refractivity contribution in [2.24, 2.45) is 0 Å². The molecule has 2 aromatic rings. The molecule has 0 aliphatic carbocycles. The molecule has 0 amide bonds. The molecule has 7 heteroatoms. The molecule has 158 valence electrons. The molecule has 1 atom stereocenters. The van der Waals surface area contributed by atoms with E-state index in [9.17, 15) is 9.50 Å². The molecule has 0 unspecified atom stereocenters. The van der Waals surface area contributed by atoms with Crippen LogP contribution in [0.1, 0.15) is 0 Å². The van der Waals surface area contributed by atoms with E-state index in [-0.39, 0.29) is 12.4 Å². The summed E-state index contributed by atoms with van der Waals surface area (Å²) in [5.74, 6) is 1.28. The van der Waals surface area contributed by atoms with Crippen LogP contribution in [0.25, 0.3) is 0 Å². The zero-order valence-electron chi connectivity index (χ0n) is 16.8. The normalized spacial score (nSPS) is 15.9. The van der Waals surface area contributed by atoms with E-state index in [4.69, 9.17) is 14.2 Å². The highest BCUT2D eigenvalue weighted by molar-refractivity contribution is 5.48. The Kier molecular flexibility index (Phi) is 8.10. The van der Waals surface area contributed by atoms with Crippen LogP contribution >= 0.6 is 0 Å². The maximum atomic E-state index is 13.9. The summed E-state index contributed by atoms with van der Waals surface area (Å²) >= 11 is 0. The van der Waals surface area contributed by atoms with Gasteiger partial charge in [-0.2, -0.15) is 0 Å². The summed E-state index contributed by atoms with van der Waals surface area (Å²) in [5.41, 5.74) is 0.645. The highest BCUT2D eigenvalue weighted by atomic mass is 19.1. The first-order valence-corrected chi connectivity index (χ1v) is 9.90. The first kappa shape index (κ1) is 21.4. The van der Waals surface area contributed by atoms with Gasteiger partial charge in [0, 0.05) is 38.8 Å². The summed E-state index contributed by atoms with van der Waals surface area (Å²) in [4.78, 5) is 4.22. The van der Waals surface area contributed by atoms with Crippen molar-refractivity contribution in [1.29, 1.82) is 0 Å². The van der Waals surface area contributed by atoms with E-state index in [1.807, 2.05) is 35.2 Å². The van der Waals surface area contributed by atoms with Crippen molar-refractivity contribution in [3.05, 3.63) is 54.3 Å². The fraction of sp³-hybridized carbons (Fsp3) is 0.455. The maximum absolute atomic E-state index is 13.9. The average molecular weight is 404 g/mol. The van der Waals surface area contributed by atoms with Crippen LogP contribution in [0.15, 0.2) is 48.5 Å². The second-order valence-corrected chi connectivity index (χ2v) is 7.00. The van der Waals surface area contributed by atoms with E-state index in [0.29, 0.717) is 25.4 Å². The van der Waals surface area contributed by atoms with E-state index < -0.39 is 6.10 Å². The predicted molar refractivity (Wildman–Crippen MR) is 110 cm³/mol. The minimum atomic E-state index is -0.563. The molecule has 0 radical (unpaired) electrons. The van der Waals surface area contributed by atoms with Gasteiger partial charge in [-0.25, -0.2) is 4.39 Å². The summed E-state index contributed by atoms with van der Waals surface area (Å²) in [7, 11) is 1.61. The van der Waals surface area contributed by atoms with Crippen molar-refractivity contribution in [2.45, 2.75) is 6.10 Å². The van der Waals surface area contributed by atoms with Gasteiger partial charge < -0.3 is 24.2 Å². The Morgan fingerprint density at radius 1 is 1.00 bits per heavy atom. The second-order valence-electron chi connectivity index (χ2n) is 7.00. The second kappa shape index (κ2) is 11.0. The van der Waals surface area contributed by atoms with Gasteiger partial charge in [0.1, 0.15) is 23.9 Å². The number of anilines is 1. The van der Waals surface area contributed by atoms with Gasteiger partial charge in [0.15, 0.2) is 0 Å². The highest BCUT2D eigenvalue weighted by Crippen LogP contribution is 2.20. The van der Waals surface area contributed by atoms with Crippen LogP contribution in [0.5, 0.6) is 11.5 Å². The van der Waals surface area contributed by atoms with Crippen molar-refractivity contribution < 1.29 is 23.7 Å². The van der Waals surface area contributed by atoms with Crippen LogP contribution in [0.2, 0.25) is 0 Å². The van der Waals surface area contributed by atoms with Crippen molar-refractivity contribution >= 4 is 5.69 Å². The fourth-order valence-electron chi connectivity index (χ4n) is 3.36. The number of hydrogen-bond donors (Lipinski definition) is 1. The number of ether oxygens (including phenoxy) is 3. The fourth-order valence-corrected chi connectivity index (χ4v) is 3.36. The Bertz CT molecular complexity index is 753. The SMILES string of the molecule is COc1cccc(OCCOC[C@H](O)CN2CCN(c3ccccc3F)CC2)c1. The molecular formula is C22H29FN2O4. The number of benzene rings is 2. The first-order valence-electron chi connectivity index (χ1n) is 9.90. The molecule has 1 aliphatic rings. The smallest absolute Gasteiger partial charge is 0.146 e. The lowest BCUT2D eigenvalue weighted by Crippen LogP contribution is -2.49. The Balaban J connectivity index is 1.29. The molecule has 3 rings (SSSR count). The van der Waals surface area contributed by atoms with Gasteiger partial charge in [-0.1, -0.05) is 18.2 Å². The van der Waals surface area contributed by atoms with Gasteiger partial charge >= 0.3 is 0 Å². The molecular weight excluding hydrogens is 375 g/mol. The zero-order valence-corrected chi connectivity index (χ0v) is 16.8. The molecule has 1 heterocycles. The van der Waals surface area contributed by atoms with Crippen LogP contribution in [0.3, 0.4) is 0 Å². The van der Waals surface area contributed by atoms with Crippen molar-refractivity contribution in [2.75, 3.05) is 64.6 Å². The van der Waals surface area contributed by atoms with Crippen molar-refractivity contribution in [1.82, 2.24) is 4.90 Å². The molecule has 0 spiro atoms. The number of para-hydroxylation sites is 1. The lowest BCUT2D eigenvalue weighted by molar-refractivity contribution is 0.00715. The summed E-state index contributed by atoms with van der Waals surface area (Å²) in [6.07, 6.45) is -0.563. The molecule has 2 aromatic carbocycles. The Labute approximate surface area is 171 Å². The van der Waals surface area contributed by atoms with Gasteiger partial charge in [0.25, 0.3) is 0 Å². The van der Waals surface area contributed by atoms with Gasteiger partial charge in [0.05, 0.1) is 32.1 Å². The van der Waals surface area contributed by atoms with Gasteiger partial charge in [-0.05, 0) is 24.3 Å². The first-order chi connectivity index (χ1) is 14.2. The van der Waals surface area contributed by atoms with E-state index in [1.165, 1.54) is 6.07 Å². The molecule has 0 bridgehead atoms. The standard InChI is InChI=1S/C22H29FN2O4/c1-27-19-5-4-6-20(15-19)29-14-13-28-17-18(26)16-24-9-11-25(12-10-24)22-8-3-2-7-21(22)23/h2-8,15,18,26H,9-14,16-17H2,1H3/t18-/m1/s1. The number of aliphatic hydroxyl groups excluding tert-OH is 1. The third kappa shape index (κ3) is 6.59. The highest BCUT2D eigenvalue weighted by Gasteiger charge is 2.21. The number of methoxy groups -OCH3 is 1. The molecule has 1 aliphatic heterocycles. The third-order valence-corrected chi connectivity index (χ3v) is 4.88. The largest absolute Gasteiger partial charge is 0.497 e. The topological polar surface area (TPSA) is 54.4 Å². The Hall–Kier alpha value is -2.35. The van der Waals surface area contributed by atoms with E-state index in [1.54, 1.807) is 19.2 Å².